The first-order valence-corrected chi connectivity index (χ1v) is 18.9. The molecule has 2 unspecified atom stereocenters. The number of hydrogen-bond donors (Lipinski definition) is 3. The molecule has 3 aromatic carbocycles. The van der Waals surface area contributed by atoms with Crippen molar-refractivity contribution >= 4 is 11.3 Å². The maximum Gasteiger partial charge on any atom is 0.0720 e. The molecule has 0 aromatic heterocycles. The molecule has 3 heteroatoms. The Bertz CT molecular complexity index is 2060. The molecule has 3 nitrogen and oxygen atoms in total. The zero-order chi connectivity index (χ0) is 35.9. The minimum Gasteiger partial charge on any atom is -0.398 e. The first kappa shape index (κ1) is 35.0. The second-order valence-electron chi connectivity index (χ2n) is 14.4. The van der Waals surface area contributed by atoms with E-state index >= 15 is 0 Å². The van der Waals surface area contributed by atoms with E-state index in [1.54, 1.807) is 0 Å². The van der Waals surface area contributed by atoms with Gasteiger partial charge < -0.3 is 16.8 Å². The van der Waals surface area contributed by atoms with Crippen LogP contribution in [0, 0.1) is 5.92 Å². The molecule has 0 radical (unpaired) electrons. The molecule has 52 heavy (non-hydrogen) atoms. The Morgan fingerprint density at radius 3 is 2.42 bits per heavy atom. The van der Waals surface area contributed by atoms with Crippen molar-refractivity contribution in [2.75, 3.05) is 6.54 Å². The van der Waals surface area contributed by atoms with E-state index in [2.05, 4.69) is 128 Å². The highest BCUT2D eigenvalue weighted by atomic mass is 14.9. The second-order valence-corrected chi connectivity index (χ2v) is 14.4. The van der Waals surface area contributed by atoms with Crippen molar-refractivity contribution in [1.82, 2.24) is 5.32 Å². The van der Waals surface area contributed by atoms with Gasteiger partial charge in [0.1, 0.15) is 0 Å². The minimum atomic E-state index is -0.167. The van der Waals surface area contributed by atoms with Gasteiger partial charge in [0.05, 0.1) is 6.04 Å². The molecular formula is C49H51N3. The van der Waals surface area contributed by atoms with E-state index in [0.29, 0.717) is 12.5 Å². The summed E-state index contributed by atoms with van der Waals surface area (Å²) >= 11 is 0. The van der Waals surface area contributed by atoms with Crippen LogP contribution in [0.2, 0.25) is 0 Å². The molecule has 0 heterocycles. The predicted molar refractivity (Wildman–Crippen MR) is 221 cm³/mol. The summed E-state index contributed by atoms with van der Waals surface area (Å²) in [6, 6.07) is 25.9. The SMILES string of the molecule is C=C(/C=C(/c1ccc2c(c1)CCCC2)C(CN)c1ccc(C(/C=C(\N)c2ccccc2)NC(=C)C2=CC=CCC2)cc1)C1=CC[C@@H]2C=CC=CC2=C1. The molecule has 4 aliphatic carbocycles. The lowest BCUT2D eigenvalue weighted by Crippen LogP contribution is -2.21. The fraction of sp³-hybridized carbons (Fsp3) is 0.224. The molecule has 0 saturated carbocycles. The lowest BCUT2D eigenvalue weighted by Gasteiger charge is -2.25. The van der Waals surface area contributed by atoms with E-state index in [1.165, 1.54) is 57.4 Å². The average molecular weight is 682 g/mol. The first-order valence-electron chi connectivity index (χ1n) is 18.9. The Morgan fingerprint density at radius 2 is 1.65 bits per heavy atom. The van der Waals surface area contributed by atoms with Gasteiger partial charge in [0.2, 0.25) is 0 Å². The van der Waals surface area contributed by atoms with Gasteiger partial charge in [0.25, 0.3) is 0 Å². The van der Waals surface area contributed by atoms with Gasteiger partial charge in [-0.15, -0.1) is 0 Å². The Balaban J connectivity index is 1.23. The number of nitrogens with one attached hydrogen (secondary N) is 1. The maximum absolute atomic E-state index is 6.72. The number of benzene rings is 3. The molecule has 0 fully saturated rings. The first-order chi connectivity index (χ1) is 25.5. The van der Waals surface area contributed by atoms with E-state index in [9.17, 15) is 0 Å². The van der Waals surface area contributed by atoms with Gasteiger partial charge in [-0.2, -0.15) is 0 Å². The molecule has 4 aliphatic rings. The summed E-state index contributed by atoms with van der Waals surface area (Å²) in [4.78, 5) is 0. The average Bonchev–Trinajstić information content (AvgIpc) is 3.21. The Hall–Kier alpha value is -5.38. The fourth-order valence-corrected chi connectivity index (χ4v) is 7.90. The Morgan fingerprint density at radius 1 is 0.865 bits per heavy atom. The molecule has 3 aromatic rings. The van der Waals surface area contributed by atoms with E-state index in [-0.39, 0.29) is 12.0 Å². The monoisotopic (exact) mass is 681 g/mol. The molecule has 0 aliphatic heterocycles. The maximum atomic E-state index is 6.72. The normalized spacial score (nSPS) is 19.4. The van der Waals surface area contributed by atoms with E-state index < -0.39 is 0 Å². The number of aryl methyl sites for hydroxylation is 2. The van der Waals surface area contributed by atoms with Crippen molar-refractivity contribution in [2.24, 2.45) is 17.4 Å². The van der Waals surface area contributed by atoms with Gasteiger partial charge in [-0.3, -0.25) is 0 Å². The number of rotatable bonds is 12. The van der Waals surface area contributed by atoms with Crippen LogP contribution in [-0.2, 0) is 12.8 Å². The molecule has 0 amide bonds. The number of nitrogens with two attached hydrogens (primary N) is 2. The molecule has 0 saturated heterocycles. The van der Waals surface area contributed by atoms with Crippen molar-refractivity contribution in [1.29, 1.82) is 0 Å². The molecule has 262 valence electrons. The van der Waals surface area contributed by atoms with Crippen LogP contribution in [0.3, 0.4) is 0 Å². The van der Waals surface area contributed by atoms with Crippen molar-refractivity contribution < 1.29 is 0 Å². The molecule has 0 bridgehead atoms. The lowest BCUT2D eigenvalue weighted by molar-refractivity contribution is 0.685. The summed E-state index contributed by atoms with van der Waals surface area (Å²) < 4.78 is 0. The van der Waals surface area contributed by atoms with Crippen LogP contribution >= 0.6 is 0 Å². The number of allylic oxidation sites excluding steroid dienone is 14. The standard InChI is InChI=1S/C49H51N3/c1-34(42-27-21-37-15-9-11-19-43(37)30-42)29-46(45-28-22-38-16-10-12-20-44(38)31-45)47(33-50)39-23-25-41(26-24-39)49(32-48(51)40-17-7-4-8-18-40)52-35(2)36-13-5-3-6-14-36/h3-5,7-9,11,13,15,17-19,22-32,37,47,49,52H,1-2,6,10,12,14,16,20-21,33,50-51H2/b46-29-,48-32-/t37-,47?,49?/m0/s1. The third-order valence-electron chi connectivity index (χ3n) is 11.0. The molecule has 0 spiro atoms. The van der Waals surface area contributed by atoms with Crippen molar-refractivity contribution in [2.45, 2.75) is 56.9 Å². The minimum absolute atomic E-state index is 0.0139. The second kappa shape index (κ2) is 16.3. The van der Waals surface area contributed by atoms with Crippen LogP contribution in [0.15, 0.2) is 181 Å². The topological polar surface area (TPSA) is 64.1 Å². The number of fused-ring (bicyclic) bond motifs is 2. The summed E-state index contributed by atoms with van der Waals surface area (Å²) in [5.41, 5.74) is 28.5. The summed E-state index contributed by atoms with van der Waals surface area (Å²) in [7, 11) is 0. The summed E-state index contributed by atoms with van der Waals surface area (Å²) in [5, 5.41) is 3.70. The number of hydrogen-bond acceptors (Lipinski definition) is 3. The summed E-state index contributed by atoms with van der Waals surface area (Å²) in [5.74, 6) is 0.436. The summed E-state index contributed by atoms with van der Waals surface area (Å²) in [6.45, 7) is 9.52. The zero-order valence-electron chi connectivity index (χ0n) is 30.2. The lowest BCUT2D eigenvalue weighted by atomic mass is 9.80. The van der Waals surface area contributed by atoms with Crippen LogP contribution in [0.25, 0.3) is 11.3 Å². The molecular weight excluding hydrogens is 631 g/mol. The van der Waals surface area contributed by atoms with E-state index in [0.717, 1.165) is 60.2 Å². The quantitative estimate of drug-likeness (QED) is 0.167. The summed E-state index contributed by atoms with van der Waals surface area (Å²) in [6.07, 6.45) is 32.1. The predicted octanol–water partition coefficient (Wildman–Crippen LogP) is 10.7. The van der Waals surface area contributed by atoms with Gasteiger partial charge in [-0.1, -0.05) is 147 Å². The van der Waals surface area contributed by atoms with Crippen LogP contribution in [0.5, 0.6) is 0 Å². The Kier molecular flexibility index (Phi) is 11.0. The largest absolute Gasteiger partial charge is 0.398 e. The molecule has 7 rings (SSSR count). The third-order valence-corrected chi connectivity index (χ3v) is 11.0. The van der Waals surface area contributed by atoms with Crippen LogP contribution in [0.4, 0.5) is 0 Å². The van der Waals surface area contributed by atoms with Crippen LogP contribution in [-0.4, -0.2) is 6.54 Å². The smallest absolute Gasteiger partial charge is 0.0720 e. The fourth-order valence-electron chi connectivity index (χ4n) is 7.90. The molecule has 3 atom stereocenters. The van der Waals surface area contributed by atoms with Gasteiger partial charge in [0.15, 0.2) is 0 Å². The highest BCUT2D eigenvalue weighted by molar-refractivity contribution is 5.77. The zero-order valence-corrected chi connectivity index (χ0v) is 30.2. The van der Waals surface area contributed by atoms with Crippen molar-refractivity contribution in [3.8, 4) is 0 Å². The third kappa shape index (κ3) is 8.06. The highest BCUT2D eigenvalue weighted by Gasteiger charge is 2.22. The van der Waals surface area contributed by atoms with Crippen molar-refractivity contribution in [3.05, 3.63) is 214 Å². The van der Waals surface area contributed by atoms with E-state index in [4.69, 9.17) is 11.5 Å². The van der Waals surface area contributed by atoms with Crippen LogP contribution < -0.4 is 16.8 Å². The van der Waals surface area contributed by atoms with Crippen molar-refractivity contribution in [3.63, 3.8) is 0 Å². The Labute approximate surface area is 310 Å². The van der Waals surface area contributed by atoms with Gasteiger partial charge in [0, 0.05) is 29.8 Å². The highest BCUT2D eigenvalue weighted by Crippen LogP contribution is 2.38. The molecule has 5 N–H and O–H groups in total. The van der Waals surface area contributed by atoms with Gasteiger partial charge in [-0.05, 0) is 112 Å². The van der Waals surface area contributed by atoms with Gasteiger partial charge >= 0.3 is 0 Å². The van der Waals surface area contributed by atoms with Gasteiger partial charge in [-0.25, -0.2) is 0 Å². The van der Waals surface area contributed by atoms with Crippen LogP contribution in [0.1, 0.15) is 77.4 Å². The van der Waals surface area contributed by atoms with E-state index in [1.807, 2.05) is 30.3 Å².